The Kier molecular flexibility index (Phi) is 5.66. The Bertz CT molecular complexity index is 334. The van der Waals surface area contributed by atoms with Gasteiger partial charge in [-0.1, -0.05) is 20.8 Å². The lowest BCUT2D eigenvalue weighted by Gasteiger charge is -2.41. The van der Waals surface area contributed by atoms with Crippen LogP contribution in [0, 0.1) is 17.3 Å². The second-order valence-corrected chi connectivity index (χ2v) is 9.29. The van der Waals surface area contributed by atoms with Crippen LogP contribution in [0.1, 0.15) is 52.9 Å². The highest BCUT2D eigenvalue weighted by atomic mass is 32.2. The molecular formula is C16H31NO2S. The van der Waals surface area contributed by atoms with Gasteiger partial charge in [-0.15, -0.1) is 0 Å². The number of ether oxygens (including phenoxy) is 1. The van der Waals surface area contributed by atoms with Crippen molar-refractivity contribution < 1.29 is 8.95 Å². The van der Waals surface area contributed by atoms with Crippen LogP contribution in [-0.2, 0) is 15.5 Å². The molecule has 0 aromatic heterocycles. The molecule has 118 valence electrons. The van der Waals surface area contributed by atoms with Gasteiger partial charge in [0.05, 0.1) is 11.9 Å². The molecule has 4 heteroatoms. The third-order valence-corrected chi connectivity index (χ3v) is 7.12. The Labute approximate surface area is 126 Å². The number of nitrogens with two attached hydrogens (primary N) is 1. The summed E-state index contributed by atoms with van der Waals surface area (Å²) in [5, 5.41) is 0.280. The molecule has 2 fully saturated rings. The molecule has 0 spiro atoms. The molecular weight excluding hydrogens is 270 g/mol. The van der Waals surface area contributed by atoms with Crippen molar-refractivity contribution >= 4 is 10.8 Å². The second-order valence-electron chi connectivity index (χ2n) is 7.59. The zero-order valence-corrected chi connectivity index (χ0v) is 14.1. The van der Waals surface area contributed by atoms with E-state index in [0.717, 1.165) is 38.0 Å². The van der Waals surface area contributed by atoms with Gasteiger partial charge in [-0.25, -0.2) is 0 Å². The minimum atomic E-state index is -0.787. The smallest absolute Gasteiger partial charge is 0.0691 e. The first-order valence-electron chi connectivity index (χ1n) is 8.10. The Morgan fingerprint density at radius 2 is 2.00 bits per heavy atom. The van der Waals surface area contributed by atoms with Crippen LogP contribution in [0.4, 0.5) is 0 Å². The first-order valence-corrected chi connectivity index (χ1v) is 9.49. The van der Waals surface area contributed by atoms with Crippen LogP contribution in [-0.4, -0.2) is 34.5 Å². The Morgan fingerprint density at radius 3 is 2.55 bits per heavy atom. The highest BCUT2D eigenvalue weighted by molar-refractivity contribution is 7.85. The highest BCUT2D eigenvalue weighted by Crippen LogP contribution is 2.41. The summed E-state index contributed by atoms with van der Waals surface area (Å²) >= 11 is 0. The van der Waals surface area contributed by atoms with E-state index in [1.54, 1.807) is 0 Å². The van der Waals surface area contributed by atoms with E-state index < -0.39 is 10.8 Å². The van der Waals surface area contributed by atoms with Gasteiger partial charge in [0.15, 0.2) is 0 Å². The van der Waals surface area contributed by atoms with Crippen molar-refractivity contribution in [2.75, 3.05) is 18.9 Å². The first kappa shape index (κ1) is 16.4. The van der Waals surface area contributed by atoms with Crippen molar-refractivity contribution in [2.24, 2.45) is 23.0 Å². The average molecular weight is 301 g/mol. The van der Waals surface area contributed by atoms with Crippen molar-refractivity contribution in [1.29, 1.82) is 0 Å². The first-order chi connectivity index (χ1) is 9.41. The van der Waals surface area contributed by atoms with Crippen LogP contribution in [0.5, 0.6) is 0 Å². The average Bonchev–Trinajstić information content (AvgIpc) is 2.89. The minimum absolute atomic E-state index is 0.226. The zero-order valence-electron chi connectivity index (χ0n) is 13.3. The maximum Gasteiger partial charge on any atom is 0.0691 e. The van der Waals surface area contributed by atoms with Crippen LogP contribution < -0.4 is 5.73 Å². The van der Waals surface area contributed by atoms with Crippen LogP contribution in [0.15, 0.2) is 0 Å². The van der Waals surface area contributed by atoms with E-state index in [0.29, 0.717) is 23.8 Å². The summed E-state index contributed by atoms with van der Waals surface area (Å²) in [5.74, 6) is 1.83. The molecule has 0 aromatic rings. The topological polar surface area (TPSA) is 52.3 Å². The molecule has 2 aliphatic rings. The summed E-state index contributed by atoms with van der Waals surface area (Å²) in [6, 6.07) is 0. The van der Waals surface area contributed by atoms with Crippen molar-refractivity contribution in [3.8, 4) is 0 Å². The van der Waals surface area contributed by atoms with Crippen LogP contribution >= 0.6 is 0 Å². The molecule has 1 saturated heterocycles. The number of rotatable bonds is 4. The molecule has 20 heavy (non-hydrogen) atoms. The molecule has 2 N–H and O–H groups in total. The molecule has 0 bridgehead atoms. The molecule has 1 aliphatic heterocycles. The van der Waals surface area contributed by atoms with E-state index >= 15 is 0 Å². The van der Waals surface area contributed by atoms with Gasteiger partial charge in [-0.3, -0.25) is 4.21 Å². The van der Waals surface area contributed by atoms with Crippen LogP contribution in [0.3, 0.4) is 0 Å². The van der Waals surface area contributed by atoms with E-state index in [-0.39, 0.29) is 11.4 Å². The van der Waals surface area contributed by atoms with E-state index in [4.69, 9.17) is 10.5 Å². The van der Waals surface area contributed by atoms with Gasteiger partial charge in [0.2, 0.25) is 0 Å². The summed E-state index contributed by atoms with van der Waals surface area (Å²) in [6.07, 6.45) is 5.87. The standard InChI is InChI=1S/C16H31NO2S/c1-16(2,3)13-7-6-12(10-17)15(9-13)20(18)11-14-5-4-8-19-14/h12-15H,4-11,17H2,1-3H3. The molecule has 0 aromatic carbocycles. The molecule has 5 unspecified atom stereocenters. The summed E-state index contributed by atoms with van der Waals surface area (Å²) < 4.78 is 18.4. The van der Waals surface area contributed by atoms with E-state index in [1.807, 2.05) is 0 Å². The van der Waals surface area contributed by atoms with Gasteiger partial charge in [0, 0.05) is 22.7 Å². The fourth-order valence-corrected chi connectivity index (χ4v) is 5.65. The lowest BCUT2D eigenvalue weighted by atomic mass is 9.69. The molecule has 5 atom stereocenters. The molecule has 1 heterocycles. The van der Waals surface area contributed by atoms with E-state index in [9.17, 15) is 4.21 Å². The minimum Gasteiger partial charge on any atom is -0.377 e. The Balaban J connectivity index is 1.98. The Hall–Kier alpha value is 0.0700. The monoisotopic (exact) mass is 301 g/mol. The van der Waals surface area contributed by atoms with Crippen LogP contribution in [0.25, 0.3) is 0 Å². The highest BCUT2D eigenvalue weighted by Gasteiger charge is 2.38. The largest absolute Gasteiger partial charge is 0.377 e. The zero-order chi connectivity index (χ0) is 14.8. The van der Waals surface area contributed by atoms with E-state index in [2.05, 4.69) is 20.8 Å². The molecule has 1 aliphatic carbocycles. The van der Waals surface area contributed by atoms with Gasteiger partial charge in [-0.05, 0) is 55.9 Å². The molecule has 3 nitrogen and oxygen atoms in total. The van der Waals surface area contributed by atoms with Crippen molar-refractivity contribution in [3.05, 3.63) is 0 Å². The van der Waals surface area contributed by atoms with Crippen LogP contribution in [0.2, 0.25) is 0 Å². The summed E-state index contributed by atoms with van der Waals surface area (Å²) in [7, 11) is -0.787. The number of hydrogen-bond acceptors (Lipinski definition) is 3. The predicted octanol–water partition coefficient (Wildman–Crippen LogP) is 2.70. The fourth-order valence-electron chi connectivity index (χ4n) is 3.65. The quantitative estimate of drug-likeness (QED) is 0.868. The van der Waals surface area contributed by atoms with Gasteiger partial charge < -0.3 is 10.5 Å². The molecule has 0 amide bonds. The van der Waals surface area contributed by atoms with Gasteiger partial charge in [0.25, 0.3) is 0 Å². The predicted molar refractivity (Wildman–Crippen MR) is 85.1 cm³/mol. The number of hydrogen-bond donors (Lipinski definition) is 1. The summed E-state index contributed by atoms with van der Waals surface area (Å²) in [4.78, 5) is 0. The van der Waals surface area contributed by atoms with E-state index in [1.165, 1.54) is 6.42 Å². The summed E-state index contributed by atoms with van der Waals surface area (Å²) in [5.41, 5.74) is 6.24. The normalized spacial score (nSPS) is 37.0. The van der Waals surface area contributed by atoms with Gasteiger partial charge >= 0.3 is 0 Å². The van der Waals surface area contributed by atoms with Gasteiger partial charge in [-0.2, -0.15) is 0 Å². The SMILES string of the molecule is CC(C)(C)C1CCC(CN)C(S(=O)CC2CCCO2)C1. The lowest BCUT2D eigenvalue weighted by Crippen LogP contribution is -2.42. The lowest BCUT2D eigenvalue weighted by molar-refractivity contribution is 0.126. The maximum absolute atomic E-state index is 12.8. The third kappa shape index (κ3) is 4.05. The van der Waals surface area contributed by atoms with Crippen molar-refractivity contribution in [3.63, 3.8) is 0 Å². The van der Waals surface area contributed by atoms with Crippen molar-refractivity contribution in [2.45, 2.75) is 64.2 Å². The summed E-state index contributed by atoms with van der Waals surface area (Å²) in [6.45, 7) is 8.44. The van der Waals surface area contributed by atoms with Crippen molar-refractivity contribution in [1.82, 2.24) is 0 Å². The molecule has 1 saturated carbocycles. The maximum atomic E-state index is 12.8. The molecule has 0 radical (unpaired) electrons. The van der Waals surface area contributed by atoms with Gasteiger partial charge in [0.1, 0.15) is 0 Å². The Morgan fingerprint density at radius 1 is 1.25 bits per heavy atom. The third-order valence-electron chi connectivity index (χ3n) is 5.17. The fraction of sp³-hybridized carbons (Fsp3) is 1.00. The molecule has 2 rings (SSSR count). The second kappa shape index (κ2) is 6.89.